The molecule has 74 valence electrons. The van der Waals surface area contributed by atoms with Crippen molar-refractivity contribution < 1.29 is 0 Å². The largest absolute Gasteiger partial charge is 0.313 e. The molecule has 0 bridgehead atoms. The Morgan fingerprint density at radius 1 is 1.69 bits per heavy atom. The lowest BCUT2D eigenvalue weighted by atomic mass is 10.2. The van der Waals surface area contributed by atoms with Gasteiger partial charge in [-0.1, -0.05) is 12.8 Å². The molecule has 0 aromatic heterocycles. The third kappa shape index (κ3) is 3.02. The first-order chi connectivity index (χ1) is 6.27. The predicted octanol–water partition coefficient (Wildman–Crippen LogP) is 1.08. The van der Waals surface area contributed by atoms with Crippen LogP contribution in [0, 0.1) is 12.3 Å². The van der Waals surface area contributed by atoms with Crippen molar-refractivity contribution in [3.05, 3.63) is 0 Å². The molecule has 0 aromatic carbocycles. The summed E-state index contributed by atoms with van der Waals surface area (Å²) in [7, 11) is 0. The summed E-state index contributed by atoms with van der Waals surface area (Å²) in [5, 5.41) is 3.53. The maximum Gasteiger partial charge on any atom is 0.0683 e. The molecule has 1 N–H and O–H groups in total. The van der Waals surface area contributed by atoms with E-state index in [1.807, 2.05) is 0 Å². The van der Waals surface area contributed by atoms with Crippen LogP contribution >= 0.6 is 0 Å². The van der Waals surface area contributed by atoms with E-state index in [2.05, 4.69) is 30.0 Å². The molecule has 0 aliphatic carbocycles. The van der Waals surface area contributed by atoms with Crippen LogP contribution in [0.5, 0.6) is 0 Å². The Hall–Kier alpha value is -0.520. The molecular weight excluding hydrogens is 160 g/mol. The Balaban J connectivity index is 2.49. The molecule has 1 rings (SSSR count). The van der Waals surface area contributed by atoms with Gasteiger partial charge in [-0.05, 0) is 26.3 Å². The van der Waals surface area contributed by atoms with Crippen LogP contribution in [0.3, 0.4) is 0 Å². The maximum absolute atomic E-state index is 5.43. The van der Waals surface area contributed by atoms with E-state index in [1.165, 1.54) is 12.8 Å². The fourth-order valence-corrected chi connectivity index (χ4v) is 1.76. The number of hydrogen-bond acceptors (Lipinski definition) is 2. The van der Waals surface area contributed by atoms with Crippen molar-refractivity contribution in [1.29, 1.82) is 0 Å². The highest BCUT2D eigenvalue weighted by atomic mass is 15.2. The molecule has 1 saturated heterocycles. The molecule has 0 spiro atoms. The molecule has 0 amide bonds. The standard InChI is InChI=1S/C11H20N2/c1-4-10(3)13-8-6-7-12-11(5-2)9-13/h1,10-12H,5-9H2,2-3H3. The molecule has 0 saturated carbocycles. The van der Waals surface area contributed by atoms with Crippen LogP contribution in [0.4, 0.5) is 0 Å². The van der Waals surface area contributed by atoms with E-state index in [0.29, 0.717) is 6.04 Å². The summed E-state index contributed by atoms with van der Waals surface area (Å²) in [5.41, 5.74) is 0. The molecule has 2 heteroatoms. The fourth-order valence-electron chi connectivity index (χ4n) is 1.76. The van der Waals surface area contributed by atoms with Gasteiger partial charge in [-0.25, -0.2) is 0 Å². The minimum absolute atomic E-state index is 0.286. The van der Waals surface area contributed by atoms with Gasteiger partial charge in [0.1, 0.15) is 0 Å². The second-order valence-electron chi connectivity index (χ2n) is 3.75. The Morgan fingerprint density at radius 3 is 3.08 bits per heavy atom. The number of terminal acetylenes is 1. The van der Waals surface area contributed by atoms with Crippen LogP contribution in [0.1, 0.15) is 26.7 Å². The Morgan fingerprint density at radius 2 is 2.46 bits per heavy atom. The summed E-state index contributed by atoms with van der Waals surface area (Å²) in [6, 6.07) is 0.909. The van der Waals surface area contributed by atoms with E-state index >= 15 is 0 Å². The smallest absolute Gasteiger partial charge is 0.0683 e. The molecular formula is C11H20N2. The van der Waals surface area contributed by atoms with Gasteiger partial charge < -0.3 is 5.32 Å². The Bertz CT molecular complexity index is 183. The highest BCUT2D eigenvalue weighted by Gasteiger charge is 2.18. The van der Waals surface area contributed by atoms with Gasteiger partial charge in [-0.2, -0.15) is 0 Å². The lowest BCUT2D eigenvalue weighted by Crippen LogP contribution is -2.40. The van der Waals surface area contributed by atoms with Crippen LogP contribution in [-0.2, 0) is 0 Å². The van der Waals surface area contributed by atoms with Crippen LogP contribution in [-0.4, -0.2) is 36.6 Å². The summed E-state index contributed by atoms with van der Waals surface area (Å²) in [6.07, 6.45) is 7.83. The lowest BCUT2D eigenvalue weighted by molar-refractivity contribution is 0.240. The van der Waals surface area contributed by atoms with E-state index in [-0.39, 0.29) is 6.04 Å². The van der Waals surface area contributed by atoms with Gasteiger partial charge in [0.15, 0.2) is 0 Å². The predicted molar refractivity (Wildman–Crippen MR) is 56.6 cm³/mol. The molecule has 2 nitrogen and oxygen atoms in total. The second-order valence-corrected chi connectivity index (χ2v) is 3.75. The van der Waals surface area contributed by atoms with Gasteiger partial charge in [0.25, 0.3) is 0 Å². The minimum Gasteiger partial charge on any atom is -0.313 e. The summed E-state index contributed by atoms with van der Waals surface area (Å²) < 4.78 is 0. The van der Waals surface area contributed by atoms with E-state index in [0.717, 1.165) is 19.6 Å². The quantitative estimate of drug-likeness (QED) is 0.640. The average Bonchev–Trinajstić information content (AvgIpc) is 2.41. The van der Waals surface area contributed by atoms with Crippen molar-refractivity contribution in [1.82, 2.24) is 10.2 Å². The first-order valence-corrected chi connectivity index (χ1v) is 5.21. The average molecular weight is 180 g/mol. The maximum atomic E-state index is 5.43. The minimum atomic E-state index is 0.286. The van der Waals surface area contributed by atoms with E-state index in [9.17, 15) is 0 Å². The summed E-state index contributed by atoms with van der Waals surface area (Å²) in [6.45, 7) is 7.70. The van der Waals surface area contributed by atoms with Gasteiger partial charge in [0, 0.05) is 19.1 Å². The first-order valence-electron chi connectivity index (χ1n) is 5.21. The van der Waals surface area contributed by atoms with Crippen molar-refractivity contribution in [2.24, 2.45) is 0 Å². The van der Waals surface area contributed by atoms with Gasteiger partial charge in [0.2, 0.25) is 0 Å². The SMILES string of the molecule is C#CC(C)N1CCCNC(CC)C1. The highest BCUT2D eigenvalue weighted by molar-refractivity contribution is 4.98. The summed E-state index contributed by atoms with van der Waals surface area (Å²) in [4.78, 5) is 2.40. The third-order valence-electron chi connectivity index (χ3n) is 2.79. The van der Waals surface area contributed by atoms with Crippen molar-refractivity contribution in [2.45, 2.75) is 38.8 Å². The van der Waals surface area contributed by atoms with Gasteiger partial charge >= 0.3 is 0 Å². The summed E-state index contributed by atoms with van der Waals surface area (Å²) in [5.74, 6) is 2.81. The van der Waals surface area contributed by atoms with Crippen molar-refractivity contribution >= 4 is 0 Å². The van der Waals surface area contributed by atoms with Gasteiger partial charge in [-0.3, -0.25) is 4.90 Å². The molecule has 1 aliphatic heterocycles. The zero-order valence-electron chi connectivity index (χ0n) is 8.71. The van der Waals surface area contributed by atoms with Crippen LogP contribution in [0.25, 0.3) is 0 Å². The first kappa shape index (κ1) is 10.6. The monoisotopic (exact) mass is 180 g/mol. The zero-order valence-corrected chi connectivity index (χ0v) is 8.71. The number of hydrogen-bond donors (Lipinski definition) is 1. The normalized spacial score (nSPS) is 27.6. The third-order valence-corrected chi connectivity index (χ3v) is 2.79. The number of rotatable bonds is 2. The van der Waals surface area contributed by atoms with E-state index in [4.69, 9.17) is 6.42 Å². The lowest BCUT2D eigenvalue weighted by Gasteiger charge is -2.26. The van der Waals surface area contributed by atoms with Crippen LogP contribution < -0.4 is 5.32 Å². The molecule has 2 unspecified atom stereocenters. The topological polar surface area (TPSA) is 15.3 Å². The Labute approximate surface area is 81.7 Å². The molecule has 2 atom stereocenters. The van der Waals surface area contributed by atoms with Gasteiger partial charge in [-0.15, -0.1) is 6.42 Å². The van der Waals surface area contributed by atoms with Crippen LogP contribution in [0.2, 0.25) is 0 Å². The Kier molecular flexibility index (Phi) is 4.27. The van der Waals surface area contributed by atoms with Crippen molar-refractivity contribution in [3.8, 4) is 12.3 Å². The zero-order chi connectivity index (χ0) is 9.68. The molecule has 0 radical (unpaired) electrons. The summed E-state index contributed by atoms with van der Waals surface area (Å²) >= 11 is 0. The number of nitrogens with zero attached hydrogens (tertiary/aromatic N) is 1. The van der Waals surface area contributed by atoms with Crippen molar-refractivity contribution in [2.75, 3.05) is 19.6 Å². The van der Waals surface area contributed by atoms with E-state index < -0.39 is 0 Å². The van der Waals surface area contributed by atoms with E-state index in [1.54, 1.807) is 0 Å². The molecule has 1 fully saturated rings. The van der Waals surface area contributed by atoms with Crippen LogP contribution in [0.15, 0.2) is 0 Å². The highest BCUT2D eigenvalue weighted by Crippen LogP contribution is 2.06. The van der Waals surface area contributed by atoms with Crippen molar-refractivity contribution in [3.63, 3.8) is 0 Å². The van der Waals surface area contributed by atoms with Gasteiger partial charge in [0.05, 0.1) is 6.04 Å². The molecule has 0 aromatic rings. The molecule has 1 heterocycles. The fraction of sp³-hybridized carbons (Fsp3) is 0.818. The molecule has 13 heavy (non-hydrogen) atoms. The molecule has 1 aliphatic rings. The number of nitrogens with one attached hydrogen (secondary N) is 1. The second kappa shape index (κ2) is 5.26.